The summed E-state index contributed by atoms with van der Waals surface area (Å²) in [5.74, 6) is -0.271. The maximum Gasteiger partial charge on any atom is 0.334 e. The van der Waals surface area contributed by atoms with Crippen molar-refractivity contribution in [3.05, 3.63) is 42.5 Å². The molecule has 0 fully saturated rings. The molecule has 2 atom stereocenters. The molecule has 0 saturated heterocycles. The van der Waals surface area contributed by atoms with Crippen LogP contribution in [0.25, 0.3) is 0 Å². The summed E-state index contributed by atoms with van der Waals surface area (Å²) in [7, 11) is -2.41. The fourth-order valence-electron chi connectivity index (χ4n) is 2.75. The van der Waals surface area contributed by atoms with Crippen LogP contribution in [0.4, 0.5) is 0 Å². The molecule has 0 unspecified atom stereocenters. The summed E-state index contributed by atoms with van der Waals surface area (Å²) in [6, 6.07) is 10.5. The Hall–Kier alpha value is -1.18. The van der Waals surface area contributed by atoms with Gasteiger partial charge in [-0.05, 0) is 26.6 Å². The van der Waals surface area contributed by atoms with E-state index in [0.29, 0.717) is 0 Å². The lowest BCUT2D eigenvalue weighted by Crippen LogP contribution is -2.53. The number of rotatable bonds is 7. The minimum absolute atomic E-state index is 0.0362. The number of hydrogen-bond acceptors (Lipinski definition) is 3. The third-order valence-corrected chi connectivity index (χ3v) is 8.94. The van der Waals surface area contributed by atoms with Gasteiger partial charge in [-0.15, -0.1) is 0 Å². The molecule has 0 heterocycles. The Kier molecular flexibility index (Phi) is 6.98. The summed E-state index contributed by atoms with van der Waals surface area (Å²) >= 11 is 0. The van der Waals surface area contributed by atoms with Gasteiger partial charge in [-0.2, -0.15) is 0 Å². The molecular formula is C18H30O3Si2. The van der Waals surface area contributed by atoms with Crippen LogP contribution >= 0.6 is 0 Å². The van der Waals surface area contributed by atoms with Gasteiger partial charge < -0.3 is 9.16 Å². The number of esters is 1. The van der Waals surface area contributed by atoms with E-state index in [2.05, 4.69) is 63.1 Å². The molecule has 23 heavy (non-hydrogen) atoms. The molecule has 1 aromatic rings. The summed E-state index contributed by atoms with van der Waals surface area (Å²) in [5.41, 5.74) is 0.0362. The van der Waals surface area contributed by atoms with Crippen LogP contribution in [0.3, 0.4) is 0 Å². The van der Waals surface area contributed by atoms with Crippen molar-refractivity contribution >= 4 is 27.5 Å². The standard InChI is InChI=1S/C18H30O3Si2/c1-8-12-16(17(18(19)20-2)21-22(3,4)5)23(6,7)15-13-10-9-11-14-15/h8-14,16-17H,1-7H3/b12-8-/t16-,17+/m1/s1. The molecule has 3 nitrogen and oxygen atoms in total. The van der Waals surface area contributed by atoms with Gasteiger partial charge in [0.25, 0.3) is 0 Å². The van der Waals surface area contributed by atoms with Crippen LogP contribution in [0.2, 0.25) is 38.3 Å². The highest BCUT2D eigenvalue weighted by atomic mass is 28.4. The fourth-order valence-corrected chi connectivity index (χ4v) is 6.96. The first kappa shape index (κ1) is 19.9. The number of ether oxygens (including phenoxy) is 1. The Morgan fingerprint density at radius 2 is 1.65 bits per heavy atom. The summed E-state index contributed by atoms with van der Waals surface area (Å²) in [6.07, 6.45) is 3.61. The Bertz CT molecular complexity index is 533. The first-order chi connectivity index (χ1) is 10.6. The van der Waals surface area contributed by atoms with Crippen LogP contribution in [0.15, 0.2) is 42.5 Å². The van der Waals surface area contributed by atoms with Gasteiger partial charge in [0.05, 0.1) is 15.2 Å². The zero-order chi connectivity index (χ0) is 17.7. The molecule has 0 aromatic heterocycles. The minimum Gasteiger partial charge on any atom is -0.467 e. The first-order valence-electron chi connectivity index (χ1n) is 8.07. The van der Waals surface area contributed by atoms with Crippen molar-refractivity contribution in [2.75, 3.05) is 7.11 Å². The maximum absolute atomic E-state index is 12.4. The third-order valence-electron chi connectivity index (χ3n) is 3.99. The van der Waals surface area contributed by atoms with Crippen LogP contribution < -0.4 is 5.19 Å². The van der Waals surface area contributed by atoms with Crippen LogP contribution in [0, 0.1) is 0 Å². The lowest BCUT2D eigenvalue weighted by atomic mass is 10.2. The molecule has 0 radical (unpaired) electrons. The second-order valence-corrected chi connectivity index (χ2v) is 16.5. The van der Waals surface area contributed by atoms with E-state index in [4.69, 9.17) is 9.16 Å². The van der Waals surface area contributed by atoms with E-state index in [1.165, 1.54) is 12.3 Å². The van der Waals surface area contributed by atoms with Gasteiger partial charge in [-0.1, -0.05) is 60.8 Å². The Balaban J connectivity index is 3.32. The largest absolute Gasteiger partial charge is 0.467 e. The number of hydrogen-bond donors (Lipinski definition) is 0. The third kappa shape index (κ3) is 5.44. The van der Waals surface area contributed by atoms with Crippen molar-refractivity contribution in [2.45, 2.75) is 51.3 Å². The predicted octanol–water partition coefficient (Wildman–Crippen LogP) is 3.94. The molecule has 0 spiro atoms. The number of carbonyl (C=O) groups is 1. The van der Waals surface area contributed by atoms with Gasteiger partial charge >= 0.3 is 5.97 Å². The van der Waals surface area contributed by atoms with Crippen LogP contribution in [0.1, 0.15) is 6.92 Å². The molecule has 0 bridgehead atoms. The van der Waals surface area contributed by atoms with Crippen LogP contribution in [0.5, 0.6) is 0 Å². The highest BCUT2D eigenvalue weighted by Crippen LogP contribution is 2.32. The van der Waals surface area contributed by atoms with Crippen molar-refractivity contribution in [1.29, 1.82) is 0 Å². The second-order valence-electron chi connectivity index (χ2n) is 7.31. The molecule has 0 aliphatic carbocycles. The van der Waals surface area contributed by atoms with Crippen molar-refractivity contribution < 1.29 is 14.0 Å². The maximum atomic E-state index is 12.4. The van der Waals surface area contributed by atoms with E-state index >= 15 is 0 Å². The number of methoxy groups -OCH3 is 1. The molecule has 1 rings (SSSR count). The number of allylic oxidation sites excluding steroid dienone is 1. The van der Waals surface area contributed by atoms with Crippen LogP contribution in [-0.2, 0) is 14.0 Å². The lowest BCUT2D eigenvalue weighted by Gasteiger charge is -2.38. The summed E-state index contributed by atoms with van der Waals surface area (Å²) in [5, 5.41) is 1.32. The molecule has 0 aliphatic rings. The zero-order valence-electron chi connectivity index (χ0n) is 15.4. The van der Waals surface area contributed by atoms with E-state index in [-0.39, 0.29) is 11.5 Å². The minimum atomic E-state index is -1.96. The van der Waals surface area contributed by atoms with E-state index in [1.807, 2.05) is 19.1 Å². The average Bonchev–Trinajstić information content (AvgIpc) is 2.49. The molecule has 128 valence electrons. The first-order valence-corrected chi connectivity index (χ1v) is 14.6. The summed E-state index contributed by atoms with van der Waals surface area (Å²) in [4.78, 5) is 12.4. The molecular weight excluding hydrogens is 320 g/mol. The Morgan fingerprint density at radius 3 is 2.09 bits per heavy atom. The van der Waals surface area contributed by atoms with Crippen LogP contribution in [-0.4, -0.2) is 35.6 Å². The van der Waals surface area contributed by atoms with Gasteiger partial charge in [0.15, 0.2) is 8.32 Å². The normalized spacial score (nSPS) is 15.4. The molecule has 0 amide bonds. The fraction of sp³-hybridized carbons (Fsp3) is 0.500. The average molecular weight is 351 g/mol. The smallest absolute Gasteiger partial charge is 0.334 e. The molecule has 0 saturated carbocycles. The highest BCUT2D eigenvalue weighted by molar-refractivity contribution is 6.91. The summed E-state index contributed by atoms with van der Waals surface area (Å²) < 4.78 is 11.3. The molecule has 5 heteroatoms. The van der Waals surface area contributed by atoms with Gasteiger partial charge in [0.2, 0.25) is 0 Å². The zero-order valence-corrected chi connectivity index (χ0v) is 17.4. The molecule has 1 aromatic carbocycles. The SMILES string of the molecule is C/C=C\[C@H]([C@H](O[Si](C)(C)C)C(=O)OC)[Si](C)(C)c1ccccc1. The quantitative estimate of drug-likeness (QED) is 0.424. The molecule has 0 N–H and O–H groups in total. The van der Waals surface area contributed by atoms with Gasteiger partial charge in [0, 0.05) is 5.54 Å². The van der Waals surface area contributed by atoms with Crippen molar-refractivity contribution in [3.63, 3.8) is 0 Å². The Labute approximate surface area is 142 Å². The van der Waals surface area contributed by atoms with E-state index in [0.717, 1.165) is 0 Å². The van der Waals surface area contributed by atoms with Gasteiger partial charge in [-0.3, -0.25) is 0 Å². The number of carbonyl (C=O) groups excluding carboxylic acids is 1. The topological polar surface area (TPSA) is 35.5 Å². The highest BCUT2D eigenvalue weighted by Gasteiger charge is 2.43. The van der Waals surface area contributed by atoms with Crippen molar-refractivity contribution in [1.82, 2.24) is 0 Å². The van der Waals surface area contributed by atoms with E-state index in [9.17, 15) is 4.79 Å². The van der Waals surface area contributed by atoms with E-state index < -0.39 is 22.5 Å². The van der Waals surface area contributed by atoms with Gasteiger partial charge in [-0.25, -0.2) is 4.79 Å². The second kappa shape index (κ2) is 8.08. The van der Waals surface area contributed by atoms with Gasteiger partial charge in [0.1, 0.15) is 6.10 Å². The molecule has 0 aliphatic heterocycles. The monoisotopic (exact) mass is 350 g/mol. The van der Waals surface area contributed by atoms with Crippen molar-refractivity contribution in [2.24, 2.45) is 0 Å². The summed E-state index contributed by atoms with van der Waals surface area (Å²) in [6.45, 7) is 12.9. The number of benzene rings is 1. The van der Waals surface area contributed by atoms with Crippen molar-refractivity contribution in [3.8, 4) is 0 Å². The Morgan fingerprint density at radius 1 is 1.09 bits per heavy atom. The predicted molar refractivity (Wildman–Crippen MR) is 102 cm³/mol. The van der Waals surface area contributed by atoms with E-state index in [1.54, 1.807) is 0 Å². The lowest BCUT2D eigenvalue weighted by molar-refractivity contribution is -0.149.